The van der Waals surface area contributed by atoms with E-state index in [9.17, 15) is 5.11 Å². The van der Waals surface area contributed by atoms with Gasteiger partial charge in [0, 0.05) is 19.6 Å². The van der Waals surface area contributed by atoms with Crippen LogP contribution in [0.1, 0.15) is 12.0 Å². The lowest BCUT2D eigenvalue weighted by Crippen LogP contribution is -2.46. The predicted molar refractivity (Wildman–Crippen MR) is 74.4 cm³/mol. The maximum absolute atomic E-state index is 10.2. The molecule has 2 atom stereocenters. The van der Waals surface area contributed by atoms with E-state index in [-0.39, 0.29) is 6.10 Å². The molecular formula is C15H24N2O. The number of nitrogens with zero attached hydrogens (tertiary/aromatic N) is 2. The molecule has 0 saturated carbocycles. The van der Waals surface area contributed by atoms with Crippen LogP contribution in [0.3, 0.4) is 0 Å². The van der Waals surface area contributed by atoms with Crippen LogP contribution in [0.15, 0.2) is 30.3 Å². The van der Waals surface area contributed by atoms with Crippen molar-refractivity contribution < 1.29 is 5.11 Å². The van der Waals surface area contributed by atoms with E-state index in [1.54, 1.807) is 0 Å². The molecule has 2 rings (SSSR count). The minimum absolute atomic E-state index is 0.190. The summed E-state index contributed by atoms with van der Waals surface area (Å²) in [6.45, 7) is 3.82. The summed E-state index contributed by atoms with van der Waals surface area (Å²) in [4.78, 5) is 4.52. The van der Waals surface area contributed by atoms with Gasteiger partial charge in [-0.2, -0.15) is 0 Å². The highest BCUT2D eigenvalue weighted by Crippen LogP contribution is 2.20. The van der Waals surface area contributed by atoms with Crippen molar-refractivity contribution in [2.24, 2.45) is 5.92 Å². The van der Waals surface area contributed by atoms with Gasteiger partial charge in [0.1, 0.15) is 0 Å². The van der Waals surface area contributed by atoms with E-state index in [0.717, 1.165) is 32.6 Å². The molecule has 3 heteroatoms. The molecule has 0 aromatic heterocycles. The minimum atomic E-state index is -0.190. The molecule has 100 valence electrons. The Kier molecular flexibility index (Phi) is 4.75. The number of benzene rings is 1. The molecule has 0 bridgehead atoms. The molecule has 1 aromatic rings. The second-order valence-electron chi connectivity index (χ2n) is 5.60. The summed E-state index contributed by atoms with van der Waals surface area (Å²) >= 11 is 0. The Hall–Kier alpha value is -0.900. The number of hydrogen-bond donors (Lipinski definition) is 1. The molecule has 1 saturated heterocycles. The van der Waals surface area contributed by atoms with Crippen LogP contribution in [0.2, 0.25) is 0 Å². The molecule has 0 spiro atoms. The first-order chi connectivity index (χ1) is 8.65. The van der Waals surface area contributed by atoms with Crippen LogP contribution < -0.4 is 0 Å². The topological polar surface area (TPSA) is 26.7 Å². The Labute approximate surface area is 110 Å². The highest BCUT2D eigenvalue weighted by molar-refractivity contribution is 5.14. The third-order valence-electron chi connectivity index (χ3n) is 3.65. The van der Waals surface area contributed by atoms with Gasteiger partial charge < -0.3 is 10.0 Å². The van der Waals surface area contributed by atoms with Crippen molar-refractivity contribution >= 4 is 0 Å². The van der Waals surface area contributed by atoms with Gasteiger partial charge in [-0.1, -0.05) is 30.3 Å². The zero-order valence-electron chi connectivity index (χ0n) is 11.4. The first kappa shape index (κ1) is 13.5. The van der Waals surface area contributed by atoms with Gasteiger partial charge in [0.25, 0.3) is 0 Å². The lowest BCUT2D eigenvalue weighted by molar-refractivity contribution is 0.00915. The van der Waals surface area contributed by atoms with Crippen LogP contribution in [0.4, 0.5) is 0 Å². The van der Waals surface area contributed by atoms with E-state index in [1.165, 1.54) is 5.56 Å². The third kappa shape index (κ3) is 3.80. The van der Waals surface area contributed by atoms with E-state index < -0.39 is 0 Å². The van der Waals surface area contributed by atoms with Gasteiger partial charge in [-0.05, 0) is 38.5 Å². The Morgan fingerprint density at radius 2 is 2.00 bits per heavy atom. The second kappa shape index (κ2) is 6.32. The summed E-state index contributed by atoms with van der Waals surface area (Å²) < 4.78 is 0. The third-order valence-corrected chi connectivity index (χ3v) is 3.65. The molecule has 1 N–H and O–H groups in total. The van der Waals surface area contributed by atoms with Crippen LogP contribution in [0.5, 0.6) is 0 Å². The number of aliphatic hydroxyl groups excluding tert-OH is 1. The number of hydrogen-bond acceptors (Lipinski definition) is 3. The van der Waals surface area contributed by atoms with Crippen molar-refractivity contribution in [2.75, 3.05) is 33.7 Å². The van der Waals surface area contributed by atoms with Crippen molar-refractivity contribution in [1.82, 2.24) is 9.80 Å². The molecule has 0 aliphatic carbocycles. The molecule has 0 unspecified atom stereocenters. The van der Waals surface area contributed by atoms with Crippen molar-refractivity contribution in [1.29, 1.82) is 0 Å². The number of piperidine rings is 1. The van der Waals surface area contributed by atoms with Crippen LogP contribution in [-0.2, 0) is 6.54 Å². The molecule has 1 aromatic carbocycles. The molecule has 1 aliphatic heterocycles. The monoisotopic (exact) mass is 248 g/mol. The number of aliphatic hydroxyl groups is 1. The van der Waals surface area contributed by atoms with Crippen LogP contribution in [-0.4, -0.2) is 54.7 Å². The lowest BCUT2D eigenvalue weighted by Gasteiger charge is -2.37. The highest BCUT2D eigenvalue weighted by atomic mass is 16.3. The van der Waals surface area contributed by atoms with Crippen molar-refractivity contribution in [2.45, 2.75) is 19.1 Å². The predicted octanol–water partition coefficient (Wildman–Crippen LogP) is 1.43. The summed E-state index contributed by atoms with van der Waals surface area (Å²) in [6, 6.07) is 10.5. The molecule has 1 aliphatic rings. The average molecular weight is 248 g/mol. The van der Waals surface area contributed by atoms with Gasteiger partial charge in [-0.15, -0.1) is 0 Å². The number of likely N-dealkylation sites (tertiary alicyclic amines) is 1. The molecule has 1 heterocycles. The second-order valence-corrected chi connectivity index (χ2v) is 5.60. The van der Waals surface area contributed by atoms with Crippen molar-refractivity contribution in [3.8, 4) is 0 Å². The molecule has 3 nitrogen and oxygen atoms in total. The fraction of sp³-hybridized carbons (Fsp3) is 0.600. The molecule has 18 heavy (non-hydrogen) atoms. The maximum Gasteiger partial charge on any atom is 0.0708 e. The number of β-amino-alcohol motifs (C(OH)–C–C–N with tert-alkyl or cyclic N) is 1. The minimum Gasteiger partial charge on any atom is -0.391 e. The zero-order valence-corrected chi connectivity index (χ0v) is 11.4. The van der Waals surface area contributed by atoms with Crippen LogP contribution in [0, 0.1) is 5.92 Å². The van der Waals surface area contributed by atoms with Crippen LogP contribution in [0.25, 0.3) is 0 Å². The zero-order chi connectivity index (χ0) is 13.0. The van der Waals surface area contributed by atoms with Gasteiger partial charge in [-0.25, -0.2) is 0 Å². The lowest BCUT2D eigenvalue weighted by atomic mass is 9.93. The summed E-state index contributed by atoms with van der Waals surface area (Å²) in [5.74, 6) is 0.423. The van der Waals surface area contributed by atoms with E-state index in [2.05, 4.69) is 48.2 Å². The Morgan fingerprint density at radius 1 is 1.28 bits per heavy atom. The van der Waals surface area contributed by atoms with Gasteiger partial charge >= 0.3 is 0 Å². The summed E-state index contributed by atoms with van der Waals surface area (Å²) in [5, 5.41) is 10.2. The maximum atomic E-state index is 10.2. The Bertz CT molecular complexity index is 353. The van der Waals surface area contributed by atoms with Gasteiger partial charge in [0.2, 0.25) is 0 Å². The first-order valence-electron chi connectivity index (χ1n) is 6.74. The molecule has 0 radical (unpaired) electrons. The SMILES string of the molecule is CN(C)C[C@@H]1CCN(Cc2ccccc2)C[C@H]1O. The van der Waals surface area contributed by atoms with E-state index >= 15 is 0 Å². The summed E-state index contributed by atoms with van der Waals surface area (Å²) in [5.41, 5.74) is 1.33. The van der Waals surface area contributed by atoms with E-state index in [1.807, 2.05) is 6.07 Å². The summed E-state index contributed by atoms with van der Waals surface area (Å²) in [6.07, 6.45) is 0.900. The van der Waals surface area contributed by atoms with Crippen molar-refractivity contribution in [3.05, 3.63) is 35.9 Å². The first-order valence-corrected chi connectivity index (χ1v) is 6.74. The average Bonchev–Trinajstić information content (AvgIpc) is 2.33. The quantitative estimate of drug-likeness (QED) is 0.873. The molecular weight excluding hydrogens is 224 g/mol. The largest absolute Gasteiger partial charge is 0.391 e. The fourth-order valence-corrected chi connectivity index (χ4v) is 2.71. The Balaban J connectivity index is 1.85. The summed E-state index contributed by atoms with van der Waals surface area (Å²) in [7, 11) is 4.14. The fourth-order valence-electron chi connectivity index (χ4n) is 2.71. The van der Waals surface area contributed by atoms with E-state index in [4.69, 9.17) is 0 Å². The molecule has 0 amide bonds. The normalized spacial score (nSPS) is 25.6. The standard InChI is InChI=1S/C15H24N2O/c1-16(2)11-14-8-9-17(12-15(14)18)10-13-6-4-3-5-7-13/h3-7,14-15,18H,8-12H2,1-2H3/t14-,15+/m0/s1. The van der Waals surface area contributed by atoms with Gasteiger partial charge in [0.15, 0.2) is 0 Å². The van der Waals surface area contributed by atoms with Crippen LogP contribution >= 0.6 is 0 Å². The van der Waals surface area contributed by atoms with Gasteiger partial charge in [0.05, 0.1) is 6.10 Å². The highest BCUT2D eigenvalue weighted by Gasteiger charge is 2.27. The van der Waals surface area contributed by atoms with Crippen molar-refractivity contribution in [3.63, 3.8) is 0 Å². The van der Waals surface area contributed by atoms with E-state index in [0.29, 0.717) is 5.92 Å². The Morgan fingerprint density at radius 3 is 2.61 bits per heavy atom. The van der Waals surface area contributed by atoms with Gasteiger partial charge in [-0.3, -0.25) is 4.90 Å². The molecule has 1 fully saturated rings. The number of rotatable bonds is 4. The smallest absolute Gasteiger partial charge is 0.0708 e.